The summed E-state index contributed by atoms with van der Waals surface area (Å²) in [5, 5.41) is 11.4. The summed E-state index contributed by atoms with van der Waals surface area (Å²) in [4.78, 5) is 22.0. The van der Waals surface area contributed by atoms with Crippen molar-refractivity contribution in [2.24, 2.45) is 11.7 Å². The first kappa shape index (κ1) is 13.0. The van der Waals surface area contributed by atoms with Gasteiger partial charge in [0.25, 0.3) is 0 Å². The fraction of sp³-hybridized carbons (Fsp3) is 0.818. The lowest BCUT2D eigenvalue weighted by Crippen LogP contribution is -2.44. The molecule has 1 fully saturated rings. The normalized spacial score (nSPS) is 19.1. The van der Waals surface area contributed by atoms with Crippen LogP contribution in [-0.4, -0.2) is 29.6 Å². The number of carbonyl (C=O) groups excluding carboxylic acids is 1. The lowest BCUT2D eigenvalue weighted by Gasteiger charge is -2.24. The van der Waals surface area contributed by atoms with Gasteiger partial charge in [-0.05, 0) is 12.3 Å². The minimum absolute atomic E-state index is 0.158. The predicted octanol–water partition coefficient (Wildman–Crippen LogP) is 0.485. The lowest BCUT2D eigenvalue weighted by atomic mass is 9.85. The van der Waals surface area contributed by atoms with Gasteiger partial charge in [0, 0.05) is 0 Å². The van der Waals surface area contributed by atoms with E-state index in [2.05, 4.69) is 5.32 Å². The number of hydrogen-bond acceptors (Lipinski definition) is 3. The van der Waals surface area contributed by atoms with Gasteiger partial charge in [-0.1, -0.05) is 32.1 Å². The third-order valence-corrected chi connectivity index (χ3v) is 3.11. The Kier molecular flexibility index (Phi) is 5.25. The summed E-state index contributed by atoms with van der Waals surface area (Å²) in [7, 11) is 0. The molecule has 5 nitrogen and oxygen atoms in total. The van der Waals surface area contributed by atoms with Crippen LogP contribution in [0, 0.1) is 5.92 Å². The number of nitrogens with one attached hydrogen (secondary N) is 1. The quantitative estimate of drug-likeness (QED) is 0.638. The van der Waals surface area contributed by atoms with Gasteiger partial charge in [-0.25, -0.2) is 4.79 Å². The molecule has 0 aromatic carbocycles. The molecule has 1 rings (SSSR count). The highest BCUT2D eigenvalue weighted by Gasteiger charge is 2.24. The molecule has 0 aliphatic heterocycles. The van der Waals surface area contributed by atoms with Gasteiger partial charge >= 0.3 is 5.97 Å². The topological polar surface area (TPSA) is 92.4 Å². The zero-order chi connectivity index (χ0) is 12.0. The van der Waals surface area contributed by atoms with E-state index >= 15 is 0 Å². The number of carbonyl (C=O) groups is 2. The minimum Gasteiger partial charge on any atom is -0.480 e. The summed E-state index contributed by atoms with van der Waals surface area (Å²) in [5.74, 6) is -0.941. The first-order chi connectivity index (χ1) is 7.63. The zero-order valence-corrected chi connectivity index (χ0v) is 9.45. The Morgan fingerprint density at radius 2 is 1.94 bits per heavy atom. The molecule has 0 spiro atoms. The van der Waals surface area contributed by atoms with Crippen molar-refractivity contribution in [1.29, 1.82) is 0 Å². The van der Waals surface area contributed by atoms with Crippen molar-refractivity contribution >= 4 is 11.9 Å². The molecule has 1 atom stereocenters. The van der Waals surface area contributed by atoms with E-state index in [9.17, 15) is 9.59 Å². The summed E-state index contributed by atoms with van der Waals surface area (Å²) in [6.07, 6.45) is 6.25. The molecule has 0 heterocycles. The van der Waals surface area contributed by atoms with E-state index < -0.39 is 17.9 Å². The molecule has 92 valence electrons. The average Bonchev–Trinajstić information content (AvgIpc) is 2.29. The van der Waals surface area contributed by atoms with Crippen LogP contribution in [-0.2, 0) is 9.59 Å². The van der Waals surface area contributed by atoms with Crippen molar-refractivity contribution in [3.05, 3.63) is 0 Å². The number of amides is 1. The van der Waals surface area contributed by atoms with Crippen LogP contribution in [0.15, 0.2) is 0 Å². The summed E-state index contributed by atoms with van der Waals surface area (Å²) in [5.41, 5.74) is 5.15. The first-order valence-corrected chi connectivity index (χ1v) is 5.85. The van der Waals surface area contributed by atoms with Gasteiger partial charge < -0.3 is 16.2 Å². The Labute approximate surface area is 95.4 Å². The van der Waals surface area contributed by atoms with Gasteiger partial charge in [-0.2, -0.15) is 0 Å². The average molecular weight is 228 g/mol. The van der Waals surface area contributed by atoms with Crippen molar-refractivity contribution in [2.75, 3.05) is 6.54 Å². The Balaban J connectivity index is 2.43. The summed E-state index contributed by atoms with van der Waals surface area (Å²) >= 11 is 0. The molecule has 0 radical (unpaired) electrons. The van der Waals surface area contributed by atoms with Gasteiger partial charge in [0.05, 0.1) is 6.54 Å². The fourth-order valence-corrected chi connectivity index (χ4v) is 2.23. The monoisotopic (exact) mass is 228 g/mol. The second-order valence-corrected chi connectivity index (χ2v) is 4.40. The molecule has 0 aromatic rings. The van der Waals surface area contributed by atoms with Gasteiger partial charge in [0.1, 0.15) is 6.04 Å². The lowest BCUT2D eigenvalue weighted by molar-refractivity contribution is -0.142. The number of carboxylic acid groups (broad SMARTS) is 1. The molecule has 0 saturated heterocycles. The van der Waals surface area contributed by atoms with E-state index in [0.29, 0.717) is 12.3 Å². The molecule has 16 heavy (non-hydrogen) atoms. The van der Waals surface area contributed by atoms with E-state index in [1.165, 1.54) is 19.3 Å². The van der Waals surface area contributed by atoms with Crippen molar-refractivity contribution in [3.63, 3.8) is 0 Å². The van der Waals surface area contributed by atoms with Crippen molar-refractivity contribution < 1.29 is 14.7 Å². The van der Waals surface area contributed by atoms with Crippen LogP contribution >= 0.6 is 0 Å². The number of rotatable bonds is 5. The number of nitrogens with two attached hydrogens (primary N) is 1. The third kappa shape index (κ3) is 4.18. The standard InChI is InChI=1S/C11H20N2O3/c12-7-10(14)13-9(11(15)16)6-8-4-2-1-3-5-8/h8-9H,1-7,12H2,(H,13,14)(H,15,16). The van der Waals surface area contributed by atoms with Crippen LogP contribution in [0.5, 0.6) is 0 Å². The maximum atomic E-state index is 11.1. The van der Waals surface area contributed by atoms with Gasteiger partial charge in [-0.3, -0.25) is 4.79 Å². The Morgan fingerprint density at radius 1 is 1.31 bits per heavy atom. The minimum atomic E-state index is -0.965. The molecule has 0 bridgehead atoms. The van der Waals surface area contributed by atoms with Gasteiger partial charge in [-0.15, -0.1) is 0 Å². The predicted molar refractivity (Wildman–Crippen MR) is 59.8 cm³/mol. The summed E-state index contributed by atoms with van der Waals surface area (Å²) < 4.78 is 0. The van der Waals surface area contributed by atoms with Crippen molar-refractivity contribution in [3.8, 4) is 0 Å². The van der Waals surface area contributed by atoms with E-state index in [-0.39, 0.29) is 6.54 Å². The third-order valence-electron chi connectivity index (χ3n) is 3.11. The molecule has 1 saturated carbocycles. The zero-order valence-electron chi connectivity index (χ0n) is 9.45. The van der Waals surface area contributed by atoms with E-state index in [0.717, 1.165) is 12.8 Å². The highest BCUT2D eigenvalue weighted by molar-refractivity contribution is 5.84. The molecule has 0 aromatic heterocycles. The van der Waals surface area contributed by atoms with Crippen LogP contribution in [0.25, 0.3) is 0 Å². The highest BCUT2D eigenvalue weighted by Crippen LogP contribution is 2.27. The van der Waals surface area contributed by atoms with E-state index in [4.69, 9.17) is 10.8 Å². The maximum absolute atomic E-state index is 11.1. The molecule has 1 amide bonds. The summed E-state index contributed by atoms with van der Waals surface area (Å²) in [6, 6.07) is -0.779. The number of aliphatic carboxylic acids is 1. The SMILES string of the molecule is NCC(=O)NC(CC1CCCCC1)C(=O)O. The van der Waals surface area contributed by atoms with Crippen LogP contribution in [0.1, 0.15) is 38.5 Å². The van der Waals surface area contributed by atoms with Crippen LogP contribution in [0.4, 0.5) is 0 Å². The number of carboxylic acids is 1. The summed E-state index contributed by atoms with van der Waals surface area (Å²) in [6.45, 7) is -0.158. The second-order valence-electron chi connectivity index (χ2n) is 4.40. The van der Waals surface area contributed by atoms with Gasteiger partial charge in [0.15, 0.2) is 0 Å². The number of hydrogen-bond donors (Lipinski definition) is 3. The van der Waals surface area contributed by atoms with Crippen molar-refractivity contribution in [1.82, 2.24) is 5.32 Å². The molecular formula is C11H20N2O3. The smallest absolute Gasteiger partial charge is 0.326 e. The van der Waals surface area contributed by atoms with Crippen LogP contribution < -0.4 is 11.1 Å². The highest BCUT2D eigenvalue weighted by atomic mass is 16.4. The Bertz CT molecular complexity index is 250. The fourth-order valence-electron chi connectivity index (χ4n) is 2.23. The van der Waals surface area contributed by atoms with E-state index in [1.807, 2.05) is 0 Å². The molecule has 1 aliphatic carbocycles. The maximum Gasteiger partial charge on any atom is 0.326 e. The Hall–Kier alpha value is -1.10. The molecular weight excluding hydrogens is 208 g/mol. The molecule has 5 heteroatoms. The van der Waals surface area contributed by atoms with Gasteiger partial charge in [0.2, 0.25) is 5.91 Å². The van der Waals surface area contributed by atoms with Crippen LogP contribution in [0.2, 0.25) is 0 Å². The molecule has 4 N–H and O–H groups in total. The van der Waals surface area contributed by atoms with Crippen LogP contribution in [0.3, 0.4) is 0 Å². The van der Waals surface area contributed by atoms with E-state index in [1.54, 1.807) is 0 Å². The first-order valence-electron chi connectivity index (χ1n) is 5.85. The second kappa shape index (κ2) is 6.48. The largest absolute Gasteiger partial charge is 0.480 e. The van der Waals surface area contributed by atoms with Crippen molar-refractivity contribution in [2.45, 2.75) is 44.6 Å². The molecule has 1 aliphatic rings. The Morgan fingerprint density at radius 3 is 2.44 bits per heavy atom. The molecule has 1 unspecified atom stereocenters.